The third kappa shape index (κ3) is 3.30. The van der Waals surface area contributed by atoms with Crippen molar-refractivity contribution < 1.29 is 9.47 Å². The summed E-state index contributed by atoms with van der Waals surface area (Å²) >= 11 is 0. The first-order chi connectivity index (χ1) is 7.86. The topological polar surface area (TPSA) is 44.5 Å². The normalized spacial score (nSPS) is 22.2. The van der Waals surface area contributed by atoms with E-state index < -0.39 is 0 Å². The third-order valence-electron chi connectivity index (χ3n) is 2.85. The average Bonchev–Trinajstić information content (AvgIpc) is 2.83. The first kappa shape index (κ1) is 11.6. The Hall–Kier alpha value is -0.900. The van der Waals surface area contributed by atoms with Gasteiger partial charge < -0.3 is 15.2 Å². The maximum atomic E-state index is 6.01. The summed E-state index contributed by atoms with van der Waals surface area (Å²) in [5.74, 6) is 0. The lowest BCUT2D eigenvalue weighted by Gasteiger charge is -2.14. The standard InChI is InChI=1S/C13H19NO2/c14-13(11-5-2-1-3-6-11)10-15-9-12-7-4-8-16-12/h1-3,5-6,12-13H,4,7-10,14H2. The van der Waals surface area contributed by atoms with Crippen LogP contribution in [0.4, 0.5) is 0 Å². The quantitative estimate of drug-likeness (QED) is 0.825. The van der Waals surface area contributed by atoms with Crippen LogP contribution in [0.1, 0.15) is 24.4 Å². The molecule has 1 aromatic rings. The van der Waals surface area contributed by atoms with Crippen LogP contribution in [0, 0.1) is 0 Å². The molecule has 1 aliphatic heterocycles. The molecule has 2 atom stereocenters. The van der Waals surface area contributed by atoms with E-state index in [0.29, 0.717) is 13.2 Å². The summed E-state index contributed by atoms with van der Waals surface area (Å²) in [6.07, 6.45) is 2.54. The monoisotopic (exact) mass is 221 g/mol. The molecular formula is C13H19NO2. The van der Waals surface area contributed by atoms with Crippen LogP contribution in [0.3, 0.4) is 0 Å². The average molecular weight is 221 g/mol. The molecule has 88 valence electrons. The predicted molar refractivity (Wildman–Crippen MR) is 63.2 cm³/mol. The molecule has 0 spiro atoms. The molecule has 1 heterocycles. The lowest BCUT2D eigenvalue weighted by molar-refractivity contribution is 0.0129. The Labute approximate surface area is 96.5 Å². The zero-order valence-electron chi connectivity index (χ0n) is 9.47. The highest BCUT2D eigenvalue weighted by molar-refractivity contribution is 5.18. The zero-order valence-corrected chi connectivity index (χ0v) is 9.47. The fourth-order valence-corrected chi connectivity index (χ4v) is 1.90. The SMILES string of the molecule is NC(COCC1CCCO1)c1ccccc1. The van der Waals surface area contributed by atoms with E-state index in [-0.39, 0.29) is 12.1 Å². The highest BCUT2D eigenvalue weighted by Crippen LogP contribution is 2.14. The van der Waals surface area contributed by atoms with E-state index in [1.807, 2.05) is 30.3 Å². The smallest absolute Gasteiger partial charge is 0.0809 e. The van der Waals surface area contributed by atoms with Crippen molar-refractivity contribution in [3.8, 4) is 0 Å². The number of hydrogen-bond donors (Lipinski definition) is 1. The van der Waals surface area contributed by atoms with E-state index in [1.54, 1.807) is 0 Å². The van der Waals surface area contributed by atoms with Crippen LogP contribution in [0.25, 0.3) is 0 Å². The van der Waals surface area contributed by atoms with E-state index in [4.69, 9.17) is 15.2 Å². The molecule has 16 heavy (non-hydrogen) atoms. The number of benzene rings is 1. The molecular weight excluding hydrogens is 202 g/mol. The van der Waals surface area contributed by atoms with Crippen LogP contribution in [0.2, 0.25) is 0 Å². The molecule has 1 fully saturated rings. The second-order valence-electron chi connectivity index (χ2n) is 4.19. The molecule has 1 saturated heterocycles. The Kier molecular flexibility index (Phi) is 4.34. The molecule has 3 heteroatoms. The fraction of sp³-hybridized carbons (Fsp3) is 0.538. The largest absolute Gasteiger partial charge is 0.377 e. The van der Waals surface area contributed by atoms with Gasteiger partial charge in [0, 0.05) is 6.61 Å². The molecule has 0 aliphatic carbocycles. The van der Waals surface area contributed by atoms with Gasteiger partial charge in [-0.1, -0.05) is 30.3 Å². The number of nitrogens with two attached hydrogens (primary N) is 1. The molecule has 0 aromatic heterocycles. The van der Waals surface area contributed by atoms with Gasteiger partial charge in [0.1, 0.15) is 0 Å². The van der Waals surface area contributed by atoms with E-state index in [2.05, 4.69) is 0 Å². The Morgan fingerprint density at radius 3 is 2.88 bits per heavy atom. The van der Waals surface area contributed by atoms with Crippen molar-refractivity contribution in [3.63, 3.8) is 0 Å². The van der Waals surface area contributed by atoms with Crippen LogP contribution in [-0.4, -0.2) is 25.9 Å². The van der Waals surface area contributed by atoms with Gasteiger partial charge in [-0.15, -0.1) is 0 Å². The summed E-state index contributed by atoms with van der Waals surface area (Å²) in [5.41, 5.74) is 7.13. The van der Waals surface area contributed by atoms with E-state index in [1.165, 1.54) is 0 Å². The summed E-state index contributed by atoms with van der Waals surface area (Å²) in [5, 5.41) is 0. The van der Waals surface area contributed by atoms with Crippen molar-refractivity contribution in [1.82, 2.24) is 0 Å². The van der Waals surface area contributed by atoms with Gasteiger partial charge in [-0.3, -0.25) is 0 Å². The lowest BCUT2D eigenvalue weighted by Crippen LogP contribution is -2.21. The van der Waals surface area contributed by atoms with Gasteiger partial charge in [-0.2, -0.15) is 0 Å². The molecule has 2 rings (SSSR count). The summed E-state index contributed by atoms with van der Waals surface area (Å²) < 4.78 is 11.1. The minimum atomic E-state index is -0.0393. The van der Waals surface area contributed by atoms with Gasteiger partial charge in [0.25, 0.3) is 0 Å². The highest BCUT2D eigenvalue weighted by Gasteiger charge is 2.16. The summed E-state index contributed by atoms with van der Waals surface area (Å²) in [6, 6.07) is 10.00. The van der Waals surface area contributed by atoms with E-state index >= 15 is 0 Å². The van der Waals surface area contributed by atoms with Crippen LogP contribution >= 0.6 is 0 Å². The third-order valence-corrected chi connectivity index (χ3v) is 2.85. The van der Waals surface area contributed by atoms with Crippen LogP contribution in [-0.2, 0) is 9.47 Å². The molecule has 0 bridgehead atoms. The second-order valence-corrected chi connectivity index (χ2v) is 4.19. The van der Waals surface area contributed by atoms with Crippen LogP contribution < -0.4 is 5.73 Å². The first-order valence-electron chi connectivity index (χ1n) is 5.86. The predicted octanol–water partition coefficient (Wildman–Crippen LogP) is 1.88. The minimum Gasteiger partial charge on any atom is -0.377 e. The fourth-order valence-electron chi connectivity index (χ4n) is 1.90. The Bertz CT molecular complexity index is 296. The first-order valence-corrected chi connectivity index (χ1v) is 5.86. The van der Waals surface area contributed by atoms with Gasteiger partial charge >= 0.3 is 0 Å². The van der Waals surface area contributed by atoms with Gasteiger partial charge in [-0.25, -0.2) is 0 Å². The van der Waals surface area contributed by atoms with Crippen molar-refractivity contribution in [2.75, 3.05) is 19.8 Å². The zero-order chi connectivity index (χ0) is 11.2. The molecule has 0 saturated carbocycles. The van der Waals surface area contributed by atoms with Crippen LogP contribution in [0.15, 0.2) is 30.3 Å². The maximum Gasteiger partial charge on any atom is 0.0809 e. The van der Waals surface area contributed by atoms with Gasteiger partial charge in [0.2, 0.25) is 0 Å². The second kappa shape index (κ2) is 5.99. The summed E-state index contributed by atoms with van der Waals surface area (Å²) in [7, 11) is 0. The minimum absolute atomic E-state index is 0.0393. The van der Waals surface area contributed by atoms with Gasteiger partial charge in [-0.05, 0) is 18.4 Å². The molecule has 0 radical (unpaired) electrons. The number of rotatable bonds is 5. The molecule has 1 aromatic carbocycles. The van der Waals surface area contributed by atoms with Gasteiger partial charge in [0.05, 0.1) is 25.4 Å². The molecule has 2 N–H and O–H groups in total. The summed E-state index contributed by atoms with van der Waals surface area (Å²) in [4.78, 5) is 0. The molecule has 1 aliphatic rings. The Morgan fingerprint density at radius 1 is 1.38 bits per heavy atom. The number of ether oxygens (including phenoxy) is 2. The maximum absolute atomic E-state index is 6.01. The van der Waals surface area contributed by atoms with Gasteiger partial charge in [0.15, 0.2) is 0 Å². The molecule has 0 amide bonds. The van der Waals surface area contributed by atoms with E-state index in [9.17, 15) is 0 Å². The molecule has 2 unspecified atom stereocenters. The van der Waals surface area contributed by atoms with Crippen molar-refractivity contribution in [3.05, 3.63) is 35.9 Å². The summed E-state index contributed by atoms with van der Waals surface area (Å²) in [6.45, 7) is 2.10. The van der Waals surface area contributed by atoms with Crippen molar-refractivity contribution in [1.29, 1.82) is 0 Å². The number of hydrogen-bond acceptors (Lipinski definition) is 3. The van der Waals surface area contributed by atoms with Crippen molar-refractivity contribution in [2.24, 2.45) is 5.73 Å². The van der Waals surface area contributed by atoms with E-state index in [0.717, 1.165) is 25.0 Å². The lowest BCUT2D eigenvalue weighted by atomic mass is 10.1. The Morgan fingerprint density at radius 2 is 2.19 bits per heavy atom. The molecule has 3 nitrogen and oxygen atoms in total. The van der Waals surface area contributed by atoms with Crippen LogP contribution in [0.5, 0.6) is 0 Å². The Balaban J connectivity index is 1.69. The van der Waals surface area contributed by atoms with Crippen molar-refractivity contribution in [2.45, 2.75) is 25.0 Å². The van der Waals surface area contributed by atoms with Crippen molar-refractivity contribution >= 4 is 0 Å². The highest BCUT2D eigenvalue weighted by atomic mass is 16.5.